The second-order valence-corrected chi connectivity index (χ2v) is 5.57. The minimum Gasteiger partial charge on any atom is -0.492 e. The van der Waals surface area contributed by atoms with Crippen LogP contribution in [0.3, 0.4) is 0 Å². The molecule has 1 aliphatic heterocycles. The summed E-state index contributed by atoms with van der Waals surface area (Å²) in [5.41, 5.74) is 6.68. The standard InChI is InChI=1S/C17H27N3O3/c1-3-23-16-7-5-4-6-15(16)19-8-10-20(11-9-19)17(21)12-14(13-18)22-2/h4-7,14H,3,8-13,18H2,1-2H3. The van der Waals surface area contributed by atoms with E-state index in [0.717, 1.165) is 24.5 Å². The summed E-state index contributed by atoms with van der Waals surface area (Å²) in [5, 5.41) is 0. The molecule has 1 amide bonds. The van der Waals surface area contributed by atoms with Gasteiger partial charge >= 0.3 is 0 Å². The highest BCUT2D eigenvalue weighted by Gasteiger charge is 2.24. The Balaban J connectivity index is 1.92. The number of carbonyl (C=O) groups excluding carboxylic acids is 1. The van der Waals surface area contributed by atoms with Crippen LogP contribution in [0.1, 0.15) is 13.3 Å². The van der Waals surface area contributed by atoms with Crippen LogP contribution in [0.4, 0.5) is 5.69 Å². The molecule has 2 rings (SSSR count). The number of anilines is 1. The molecule has 0 aliphatic carbocycles. The predicted molar refractivity (Wildman–Crippen MR) is 90.9 cm³/mol. The molecule has 1 atom stereocenters. The van der Waals surface area contributed by atoms with E-state index in [-0.39, 0.29) is 12.0 Å². The molecular formula is C17H27N3O3. The van der Waals surface area contributed by atoms with Gasteiger partial charge in [0.2, 0.25) is 5.91 Å². The van der Waals surface area contributed by atoms with Gasteiger partial charge in [0, 0.05) is 39.8 Å². The molecule has 1 aliphatic rings. The summed E-state index contributed by atoms with van der Waals surface area (Å²) in [7, 11) is 1.59. The van der Waals surface area contributed by atoms with Gasteiger partial charge in [0.25, 0.3) is 0 Å². The Hall–Kier alpha value is -1.79. The lowest BCUT2D eigenvalue weighted by atomic mass is 10.2. The van der Waals surface area contributed by atoms with Crippen molar-refractivity contribution >= 4 is 11.6 Å². The molecule has 1 fully saturated rings. The molecule has 0 aromatic heterocycles. The van der Waals surface area contributed by atoms with Gasteiger partial charge in [0.05, 0.1) is 24.8 Å². The van der Waals surface area contributed by atoms with Gasteiger partial charge < -0.3 is 25.0 Å². The molecule has 1 aromatic rings. The Bertz CT molecular complexity index is 498. The van der Waals surface area contributed by atoms with Crippen LogP contribution in [-0.2, 0) is 9.53 Å². The van der Waals surface area contributed by atoms with Crippen molar-refractivity contribution in [3.05, 3.63) is 24.3 Å². The second kappa shape index (κ2) is 8.74. The Morgan fingerprint density at radius 3 is 2.57 bits per heavy atom. The number of nitrogens with two attached hydrogens (primary N) is 1. The van der Waals surface area contributed by atoms with Gasteiger partial charge in [-0.3, -0.25) is 4.79 Å². The third kappa shape index (κ3) is 4.59. The zero-order valence-corrected chi connectivity index (χ0v) is 14.0. The fraction of sp³-hybridized carbons (Fsp3) is 0.588. The van der Waals surface area contributed by atoms with Crippen LogP contribution < -0.4 is 15.4 Å². The highest BCUT2D eigenvalue weighted by atomic mass is 16.5. The number of hydrogen-bond acceptors (Lipinski definition) is 5. The number of para-hydroxylation sites is 2. The van der Waals surface area contributed by atoms with Crippen molar-refractivity contribution in [1.82, 2.24) is 4.90 Å². The summed E-state index contributed by atoms with van der Waals surface area (Å²) in [6.45, 7) is 6.01. The van der Waals surface area contributed by atoms with Crippen LogP contribution in [-0.4, -0.2) is 63.4 Å². The lowest BCUT2D eigenvalue weighted by Crippen LogP contribution is -2.49. The maximum Gasteiger partial charge on any atom is 0.225 e. The van der Waals surface area contributed by atoms with Gasteiger partial charge in [-0.1, -0.05) is 12.1 Å². The molecule has 1 aromatic carbocycles. The summed E-state index contributed by atoms with van der Waals surface area (Å²) in [4.78, 5) is 16.4. The van der Waals surface area contributed by atoms with E-state index in [4.69, 9.17) is 15.2 Å². The van der Waals surface area contributed by atoms with Gasteiger partial charge in [-0.15, -0.1) is 0 Å². The van der Waals surface area contributed by atoms with E-state index in [1.54, 1.807) is 7.11 Å². The number of hydrogen-bond donors (Lipinski definition) is 1. The number of ether oxygens (including phenoxy) is 2. The average molecular weight is 321 g/mol. The van der Waals surface area contributed by atoms with Crippen LogP contribution in [0.2, 0.25) is 0 Å². The monoisotopic (exact) mass is 321 g/mol. The van der Waals surface area contributed by atoms with Crippen LogP contribution in [0.5, 0.6) is 5.75 Å². The number of carbonyl (C=O) groups is 1. The van der Waals surface area contributed by atoms with Gasteiger partial charge in [-0.05, 0) is 19.1 Å². The summed E-state index contributed by atoms with van der Waals surface area (Å²) < 4.78 is 10.9. The first-order chi connectivity index (χ1) is 11.2. The second-order valence-electron chi connectivity index (χ2n) is 5.57. The van der Waals surface area contributed by atoms with Gasteiger partial charge in [0.1, 0.15) is 5.75 Å². The third-order valence-electron chi connectivity index (χ3n) is 4.14. The molecule has 6 heteroatoms. The first-order valence-electron chi connectivity index (χ1n) is 8.17. The number of rotatable bonds is 7. The Labute approximate surface area is 138 Å². The van der Waals surface area contributed by atoms with Crippen molar-refractivity contribution in [1.29, 1.82) is 0 Å². The maximum atomic E-state index is 12.3. The minimum atomic E-state index is -0.195. The quantitative estimate of drug-likeness (QED) is 0.814. The van der Waals surface area contributed by atoms with Crippen LogP contribution in [0.25, 0.3) is 0 Å². The predicted octanol–water partition coefficient (Wildman–Crippen LogP) is 1.10. The summed E-state index contributed by atoms with van der Waals surface area (Å²) in [6.07, 6.45) is 0.155. The van der Waals surface area contributed by atoms with Crippen molar-refractivity contribution < 1.29 is 14.3 Å². The largest absolute Gasteiger partial charge is 0.492 e. The summed E-state index contributed by atoms with van der Waals surface area (Å²) >= 11 is 0. The van der Waals surface area contributed by atoms with E-state index in [9.17, 15) is 4.79 Å². The highest BCUT2D eigenvalue weighted by molar-refractivity contribution is 5.77. The van der Waals surface area contributed by atoms with E-state index >= 15 is 0 Å². The van der Waals surface area contributed by atoms with Crippen molar-refractivity contribution in [2.75, 3.05) is 51.3 Å². The fourth-order valence-electron chi connectivity index (χ4n) is 2.78. The van der Waals surface area contributed by atoms with Crippen molar-refractivity contribution in [3.8, 4) is 5.75 Å². The van der Waals surface area contributed by atoms with E-state index in [0.29, 0.717) is 32.7 Å². The van der Waals surface area contributed by atoms with Gasteiger partial charge in [0.15, 0.2) is 0 Å². The molecular weight excluding hydrogens is 294 g/mol. The first-order valence-corrected chi connectivity index (χ1v) is 8.17. The molecule has 0 spiro atoms. The lowest BCUT2D eigenvalue weighted by molar-refractivity contribution is -0.133. The molecule has 0 saturated carbocycles. The van der Waals surface area contributed by atoms with Gasteiger partial charge in [-0.2, -0.15) is 0 Å². The zero-order chi connectivity index (χ0) is 16.7. The average Bonchev–Trinajstić information content (AvgIpc) is 2.60. The van der Waals surface area contributed by atoms with E-state index in [1.165, 1.54) is 0 Å². The third-order valence-corrected chi connectivity index (χ3v) is 4.14. The van der Waals surface area contributed by atoms with E-state index in [1.807, 2.05) is 30.0 Å². The number of piperazine rings is 1. The molecule has 128 valence electrons. The number of benzene rings is 1. The van der Waals surface area contributed by atoms with Gasteiger partial charge in [-0.25, -0.2) is 0 Å². The lowest BCUT2D eigenvalue weighted by Gasteiger charge is -2.37. The molecule has 1 heterocycles. The topological polar surface area (TPSA) is 68.0 Å². The summed E-state index contributed by atoms with van der Waals surface area (Å²) in [6, 6.07) is 8.05. The Morgan fingerprint density at radius 2 is 1.96 bits per heavy atom. The molecule has 1 saturated heterocycles. The van der Waals surface area contributed by atoms with Crippen LogP contribution >= 0.6 is 0 Å². The smallest absolute Gasteiger partial charge is 0.225 e. The minimum absolute atomic E-state index is 0.111. The summed E-state index contributed by atoms with van der Waals surface area (Å²) in [5.74, 6) is 1.01. The number of methoxy groups -OCH3 is 1. The fourth-order valence-corrected chi connectivity index (χ4v) is 2.78. The normalized spacial score (nSPS) is 16.3. The first kappa shape index (κ1) is 17.6. The highest BCUT2D eigenvalue weighted by Crippen LogP contribution is 2.28. The van der Waals surface area contributed by atoms with Crippen molar-refractivity contribution in [2.45, 2.75) is 19.4 Å². The number of nitrogens with zero attached hydrogens (tertiary/aromatic N) is 2. The van der Waals surface area contributed by atoms with E-state index < -0.39 is 0 Å². The van der Waals surface area contributed by atoms with Crippen LogP contribution in [0, 0.1) is 0 Å². The van der Waals surface area contributed by atoms with Crippen molar-refractivity contribution in [2.24, 2.45) is 5.73 Å². The zero-order valence-electron chi connectivity index (χ0n) is 14.0. The van der Waals surface area contributed by atoms with Crippen molar-refractivity contribution in [3.63, 3.8) is 0 Å². The molecule has 23 heavy (non-hydrogen) atoms. The molecule has 0 radical (unpaired) electrons. The number of amides is 1. The molecule has 6 nitrogen and oxygen atoms in total. The molecule has 2 N–H and O–H groups in total. The maximum absolute atomic E-state index is 12.3. The van der Waals surface area contributed by atoms with Crippen LogP contribution in [0.15, 0.2) is 24.3 Å². The van der Waals surface area contributed by atoms with E-state index in [2.05, 4.69) is 11.0 Å². The SMILES string of the molecule is CCOc1ccccc1N1CCN(C(=O)CC(CN)OC)CC1. The Morgan fingerprint density at radius 1 is 1.26 bits per heavy atom. The molecule has 1 unspecified atom stereocenters. The Kier molecular flexibility index (Phi) is 6.67. The molecule has 0 bridgehead atoms.